The van der Waals surface area contributed by atoms with Crippen molar-refractivity contribution in [1.29, 1.82) is 0 Å². The van der Waals surface area contributed by atoms with Crippen LogP contribution in [-0.2, 0) is 20.1 Å². The second-order valence-electron chi connectivity index (χ2n) is 8.73. The number of hydrogen-bond donors (Lipinski definition) is 4. The molecule has 3 heterocycles. The van der Waals surface area contributed by atoms with Crippen LogP contribution in [0.2, 0.25) is 0 Å². The van der Waals surface area contributed by atoms with Gasteiger partial charge < -0.3 is 26.2 Å². The molecule has 36 heavy (non-hydrogen) atoms. The molecule has 1 aliphatic rings. The lowest BCUT2D eigenvalue weighted by atomic mass is 9.98. The first-order chi connectivity index (χ1) is 17.5. The number of nitrogens with zero attached hydrogens (tertiary/aromatic N) is 5. The second-order valence-corrected chi connectivity index (χ2v) is 8.73. The highest BCUT2D eigenvalue weighted by molar-refractivity contribution is 6.00. The van der Waals surface area contributed by atoms with Gasteiger partial charge in [-0.05, 0) is 30.8 Å². The fourth-order valence-electron chi connectivity index (χ4n) is 4.49. The van der Waals surface area contributed by atoms with E-state index in [4.69, 9.17) is 0 Å². The molecular weight excluding hydrogens is 454 g/mol. The number of anilines is 5. The Morgan fingerprint density at radius 3 is 2.53 bits per heavy atom. The maximum atomic E-state index is 12.6. The highest BCUT2D eigenvalue weighted by atomic mass is 16.1. The quantitative estimate of drug-likeness (QED) is 0.317. The number of rotatable bonds is 7. The first kappa shape index (κ1) is 23.3. The summed E-state index contributed by atoms with van der Waals surface area (Å²) in [5.74, 6) is 0.208. The first-order valence-corrected chi connectivity index (χ1v) is 11.7. The van der Waals surface area contributed by atoms with E-state index >= 15 is 0 Å². The van der Waals surface area contributed by atoms with E-state index in [1.807, 2.05) is 61.4 Å². The summed E-state index contributed by atoms with van der Waals surface area (Å²) in [6.45, 7) is 1.52. The monoisotopic (exact) mass is 483 g/mol. The number of para-hydroxylation sites is 1. The molecule has 0 radical (unpaired) electrons. The van der Waals surface area contributed by atoms with E-state index in [2.05, 4.69) is 54.6 Å². The van der Waals surface area contributed by atoms with Crippen LogP contribution in [-0.4, -0.2) is 47.0 Å². The molecule has 4 aromatic rings. The van der Waals surface area contributed by atoms with Crippen molar-refractivity contribution in [3.05, 3.63) is 71.7 Å². The highest BCUT2D eigenvalue weighted by Gasteiger charge is 2.26. The Balaban J connectivity index is 1.50. The van der Waals surface area contributed by atoms with Crippen molar-refractivity contribution in [1.82, 2.24) is 30.6 Å². The van der Waals surface area contributed by atoms with Gasteiger partial charge >= 0.3 is 0 Å². The molecule has 2 aromatic carbocycles. The molecule has 0 spiro atoms. The van der Waals surface area contributed by atoms with Crippen molar-refractivity contribution in [2.75, 3.05) is 36.7 Å². The van der Waals surface area contributed by atoms with E-state index in [0.717, 1.165) is 47.0 Å². The van der Waals surface area contributed by atoms with Crippen molar-refractivity contribution in [3.63, 3.8) is 0 Å². The number of carbonyl (C=O) groups is 1. The summed E-state index contributed by atoms with van der Waals surface area (Å²) in [6, 6.07) is 16.0. The average molecular weight is 484 g/mol. The minimum Gasteiger partial charge on any atom is -0.366 e. The smallest absolute Gasteiger partial charge is 0.273 e. The predicted molar refractivity (Wildman–Crippen MR) is 142 cm³/mol. The minimum absolute atomic E-state index is 0.213. The normalized spacial score (nSPS) is 12.1. The Morgan fingerprint density at radius 1 is 0.972 bits per heavy atom. The average Bonchev–Trinajstić information content (AvgIpc) is 3.25. The number of hydrogen-bond acceptors (Lipinski definition) is 8. The van der Waals surface area contributed by atoms with E-state index in [1.54, 1.807) is 13.1 Å². The van der Waals surface area contributed by atoms with Crippen LogP contribution in [0.5, 0.6) is 0 Å². The van der Waals surface area contributed by atoms with Crippen LogP contribution >= 0.6 is 0 Å². The van der Waals surface area contributed by atoms with E-state index in [1.165, 1.54) is 5.56 Å². The Bertz CT molecular complexity index is 1410. The van der Waals surface area contributed by atoms with Crippen molar-refractivity contribution in [3.8, 4) is 11.1 Å². The van der Waals surface area contributed by atoms with Gasteiger partial charge in [0, 0.05) is 50.6 Å². The summed E-state index contributed by atoms with van der Waals surface area (Å²) in [4.78, 5) is 14.8. The number of aryl methyl sites for hydroxylation is 1. The van der Waals surface area contributed by atoms with Crippen LogP contribution in [0.4, 0.5) is 28.6 Å². The van der Waals surface area contributed by atoms with E-state index in [-0.39, 0.29) is 11.6 Å². The molecule has 184 valence electrons. The maximum Gasteiger partial charge on any atom is 0.273 e. The van der Waals surface area contributed by atoms with E-state index in [0.29, 0.717) is 11.5 Å². The number of benzene rings is 2. The van der Waals surface area contributed by atoms with Crippen molar-refractivity contribution in [2.24, 2.45) is 7.05 Å². The van der Waals surface area contributed by atoms with Crippen molar-refractivity contribution >= 4 is 34.5 Å². The SMILES string of the molecule is CNCc1ccc(Nc2cc(Nc3cccc4c3N(C)Cc3c-4cnn3C)c(C(=O)NC)nn2)cc1. The topological polar surface area (TPSA) is 112 Å². The predicted octanol–water partition coefficient (Wildman–Crippen LogP) is 3.39. The van der Waals surface area contributed by atoms with E-state index in [9.17, 15) is 4.79 Å². The molecule has 10 heteroatoms. The summed E-state index contributed by atoms with van der Waals surface area (Å²) in [6.07, 6.45) is 1.90. The van der Waals surface area contributed by atoms with Gasteiger partial charge in [0.05, 0.1) is 35.5 Å². The standard InChI is InChI=1S/C26H29N9O/c1-27-13-16-8-10-17(11-9-16)30-23-12-21(24(33-32-23)26(36)28-2)31-20-7-5-6-18-19-14-29-35(4)22(19)15-34(3)25(18)20/h5-12,14,27H,13,15H2,1-4H3,(H,28,36)(H2,30,31,32). The number of fused-ring (bicyclic) bond motifs is 3. The molecular formula is C26H29N9O. The molecule has 1 amide bonds. The molecule has 0 saturated carbocycles. The number of amides is 1. The van der Waals surface area contributed by atoms with Crippen molar-refractivity contribution < 1.29 is 4.79 Å². The Labute approximate surface area is 209 Å². The largest absolute Gasteiger partial charge is 0.366 e. The molecule has 0 bridgehead atoms. The molecule has 0 atom stereocenters. The van der Waals surface area contributed by atoms with Crippen molar-refractivity contribution in [2.45, 2.75) is 13.1 Å². The number of nitrogens with one attached hydrogen (secondary N) is 4. The lowest BCUT2D eigenvalue weighted by Gasteiger charge is -2.30. The molecule has 0 fully saturated rings. The lowest BCUT2D eigenvalue weighted by Crippen LogP contribution is -2.25. The van der Waals surface area contributed by atoms with Crippen LogP contribution < -0.4 is 26.2 Å². The van der Waals surface area contributed by atoms with Gasteiger partial charge in [0.2, 0.25) is 0 Å². The fourth-order valence-corrected chi connectivity index (χ4v) is 4.49. The molecule has 0 aliphatic carbocycles. The van der Waals surface area contributed by atoms with Gasteiger partial charge in [-0.3, -0.25) is 9.48 Å². The van der Waals surface area contributed by atoms with Gasteiger partial charge in [0.25, 0.3) is 5.91 Å². The van der Waals surface area contributed by atoms with E-state index < -0.39 is 0 Å². The second kappa shape index (κ2) is 9.67. The molecule has 0 saturated heterocycles. The molecule has 5 rings (SSSR count). The van der Waals surface area contributed by atoms with Crippen LogP contribution in [0, 0.1) is 0 Å². The lowest BCUT2D eigenvalue weighted by molar-refractivity contribution is 0.0958. The highest BCUT2D eigenvalue weighted by Crippen LogP contribution is 2.43. The Morgan fingerprint density at radius 2 is 1.78 bits per heavy atom. The van der Waals surface area contributed by atoms with Gasteiger partial charge in [-0.1, -0.05) is 24.3 Å². The molecule has 10 nitrogen and oxygen atoms in total. The van der Waals surface area contributed by atoms with Gasteiger partial charge in [-0.25, -0.2) is 0 Å². The van der Waals surface area contributed by atoms with Gasteiger partial charge in [0.15, 0.2) is 11.5 Å². The molecule has 2 aromatic heterocycles. The minimum atomic E-state index is -0.319. The molecule has 1 aliphatic heterocycles. The third-order valence-electron chi connectivity index (χ3n) is 6.27. The van der Waals surface area contributed by atoms with Gasteiger partial charge in [0.1, 0.15) is 0 Å². The molecule has 4 N–H and O–H groups in total. The zero-order valence-electron chi connectivity index (χ0n) is 20.8. The third-order valence-corrected chi connectivity index (χ3v) is 6.27. The number of aromatic nitrogens is 4. The summed E-state index contributed by atoms with van der Waals surface area (Å²) in [7, 11) is 7.51. The third kappa shape index (κ3) is 4.34. The zero-order valence-corrected chi connectivity index (χ0v) is 20.8. The first-order valence-electron chi connectivity index (χ1n) is 11.7. The maximum absolute atomic E-state index is 12.6. The van der Waals surface area contributed by atoms with Crippen LogP contribution in [0.15, 0.2) is 54.7 Å². The summed E-state index contributed by atoms with van der Waals surface area (Å²) >= 11 is 0. The summed E-state index contributed by atoms with van der Waals surface area (Å²) in [5, 5.41) is 25.5. The zero-order chi connectivity index (χ0) is 25.2. The van der Waals surface area contributed by atoms with Crippen LogP contribution in [0.25, 0.3) is 11.1 Å². The molecule has 0 unspecified atom stereocenters. The van der Waals surface area contributed by atoms with Crippen LogP contribution in [0.1, 0.15) is 21.7 Å². The van der Waals surface area contributed by atoms with Gasteiger partial charge in [-0.15, -0.1) is 10.2 Å². The summed E-state index contributed by atoms with van der Waals surface area (Å²) < 4.78 is 1.91. The van der Waals surface area contributed by atoms with Gasteiger partial charge in [-0.2, -0.15) is 5.10 Å². The number of carbonyl (C=O) groups excluding carboxylic acids is 1. The Hall–Kier alpha value is -4.44. The van der Waals surface area contributed by atoms with Crippen LogP contribution in [0.3, 0.4) is 0 Å². The summed E-state index contributed by atoms with van der Waals surface area (Å²) in [5.41, 5.74) is 8.08. The fraction of sp³-hybridized carbons (Fsp3) is 0.231. The Kier molecular flexibility index (Phi) is 6.26.